The predicted molar refractivity (Wildman–Crippen MR) is 107 cm³/mol. The number of hydrogen-bond acceptors (Lipinski definition) is 4. The Balaban J connectivity index is 0.000000212. The van der Waals surface area contributed by atoms with Crippen molar-refractivity contribution in [3.8, 4) is 11.3 Å². The van der Waals surface area contributed by atoms with E-state index in [1.54, 1.807) is 17.4 Å². The number of nitrogen functional groups attached to an aromatic ring is 1. The molecule has 1 aromatic heterocycles. The summed E-state index contributed by atoms with van der Waals surface area (Å²) < 4.78 is 12.5. The van der Waals surface area contributed by atoms with Gasteiger partial charge in [0.1, 0.15) is 0 Å². The summed E-state index contributed by atoms with van der Waals surface area (Å²) in [5.41, 5.74) is 10.7. The predicted octanol–water partition coefficient (Wildman–Crippen LogP) is 5.72. The Labute approximate surface area is 156 Å². The van der Waals surface area contributed by atoms with Crippen LogP contribution in [0.5, 0.6) is 0 Å². The molecule has 0 fully saturated rings. The highest BCUT2D eigenvalue weighted by atomic mass is 35.5. The second-order valence-electron chi connectivity index (χ2n) is 5.24. The highest BCUT2D eigenvalue weighted by Gasteiger charge is 2.03. The van der Waals surface area contributed by atoms with Crippen LogP contribution in [0.25, 0.3) is 11.3 Å². The zero-order valence-corrected chi connectivity index (χ0v) is 15.8. The molecule has 3 rings (SSSR count). The topological polar surface area (TPSA) is 42.2 Å². The Bertz CT molecular complexity index is 752. The fraction of sp³-hybridized carbons (Fsp3) is 0.211. The summed E-state index contributed by atoms with van der Waals surface area (Å²) in [6.45, 7) is 6.45. The normalized spacial score (nSPS) is 10.1. The van der Waals surface area contributed by atoms with Gasteiger partial charge in [-0.2, -0.15) is 0 Å². The number of anilines is 2. The Morgan fingerprint density at radius 2 is 1.80 bits per heavy atom. The number of nitrogens with zero attached hydrogens (tertiary/aromatic N) is 2. The third kappa shape index (κ3) is 5.18. The highest BCUT2D eigenvalue weighted by molar-refractivity contribution is 7.07. The third-order valence-corrected chi connectivity index (χ3v) is 4.58. The number of benzene rings is 2. The summed E-state index contributed by atoms with van der Waals surface area (Å²) >= 11 is 6.99. The molecule has 0 atom stereocenters. The van der Waals surface area contributed by atoms with Gasteiger partial charge in [0.25, 0.3) is 0 Å². The van der Waals surface area contributed by atoms with E-state index in [1.807, 2.05) is 5.51 Å². The maximum Gasteiger partial charge on any atom is 0.164 e. The molecule has 25 heavy (non-hydrogen) atoms. The van der Waals surface area contributed by atoms with Crippen molar-refractivity contribution in [2.24, 2.45) is 0 Å². The number of nitrogens with two attached hydrogens (primary N) is 1. The summed E-state index contributed by atoms with van der Waals surface area (Å²) in [5.74, 6) is -0.542. The molecule has 3 nitrogen and oxygen atoms in total. The average molecular weight is 378 g/mol. The van der Waals surface area contributed by atoms with Gasteiger partial charge in [0.2, 0.25) is 0 Å². The average Bonchev–Trinajstić information content (AvgIpc) is 3.16. The molecule has 0 saturated heterocycles. The molecule has 0 saturated carbocycles. The summed E-state index contributed by atoms with van der Waals surface area (Å²) in [7, 11) is 0. The van der Waals surface area contributed by atoms with Crippen molar-refractivity contribution < 1.29 is 4.39 Å². The molecular formula is C19H21ClFN3S. The molecule has 0 radical (unpaired) electrons. The zero-order chi connectivity index (χ0) is 18.2. The van der Waals surface area contributed by atoms with Gasteiger partial charge in [-0.25, -0.2) is 9.37 Å². The quantitative estimate of drug-likeness (QED) is 0.591. The first-order valence-corrected chi connectivity index (χ1v) is 9.31. The molecule has 0 bridgehead atoms. The molecule has 0 unspecified atom stereocenters. The lowest BCUT2D eigenvalue weighted by Gasteiger charge is -2.20. The molecule has 0 spiro atoms. The number of halogens is 2. The van der Waals surface area contributed by atoms with Gasteiger partial charge in [-0.3, -0.25) is 0 Å². The molecule has 1 heterocycles. The van der Waals surface area contributed by atoms with E-state index >= 15 is 0 Å². The minimum atomic E-state index is -0.542. The first kappa shape index (κ1) is 19.2. The largest absolute Gasteiger partial charge is 0.396 e. The fourth-order valence-electron chi connectivity index (χ4n) is 2.31. The van der Waals surface area contributed by atoms with Gasteiger partial charge in [0.15, 0.2) is 5.82 Å². The maximum absolute atomic E-state index is 12.5. The Kier molecular flexibility index (Phi) is 7.22. The molecule has 0 amide bonds. The molecule has 0 aliphatic carbocycles. The third-order valence-electron chi connectivity index (χ3n) is 3.71. The molecule has 3 aromatic rings. The standard InChI is InChI=1S/C13H16N2S.C6H5ClFN/c1-3-15(4-2)12-7-5-11(6-8-12)13-9-16-10-14-13;7-4-2-1-3-5(9)6(4)8/h5-10H,3-4H2,1-2H3;1-3H,9H2. The maximum atomic E-state index is 12.5. The van der Waals surface area contributed by atoms with Crippen molar-refractivity contribution in [3.05, 3.63) is 64.2 Å². The van der Waals surface area contributed by atoms with E-state index in [-0.39, 0.29) is 10.7 Å². The lowest BCUT2D eigenvalue weighted by atomic mass is 10.1. The zero-order valence-electron chi connectivity index (χ0n) is 14.2. The van der Waals surface area contributed by atoms with Crippen LogP contribution in [0.2, 0.25) is 5.02 Å². The number of rotatable bonds is 4. The van der Waals surface area contributed by atoms with Crippen LogP contribution in [0.1, 0.15) is 13.8 Å². The van der Waals surface area contributed by atoms with Gasteiger partial charge >= 0.3 is 0 Å². The van der Waals surface area contributed by atoms with Crippen molar-refractivity contribution in [2.75, 3.05) is 23.7 Å². The van der Waals surface area contributed by atoms with E-state index in [0.29, 0.717) is 0 Å². The summed E-state index contributed by atoms with van der Waals surface area (Å²) in [4.78, 5) is 6.64. The van der Waals surface area contributed by atoms with Crippen LogP contribution in [-0.2, 0) is 0 Å². The van der Waals surface area contributed by atoms with E-state index in [4.69, 9.17) is 17.3 Å². The Hall–Kier alpha value is -2.11. The first-order valence-electron chi connectivity index (χ1n) is 7.99. The second-order valence-corrected chi connectivity index (χ2v) is 6.36. The molecule has 2 aromatic carbocycles. The van der Waals surface area contributed by atoms with Crippen molar-refractivity contribution in [1.29, 1.82) is 0 Å². The van der Waals surface area contributed by atoms with Gasteiger partial charge in [-0.05, 0) is 38.1 Å². The smallest absolute Gasteiger partial charge is 0.164 e. The summed E-state index contributed by atoms with van der Waals surface area (Å²) in [6.07, 6.45) is 0. The fourth-order valence-corrected chi connectivity index (χ4v) is 3.05. The van der Waals surface area contributed by atoms with Crippen molar-refractivity contribution in [3.63, 3.8) is 0 Å². The monoisotopic (exact) mass is 377 g/mol. The van der Waals surface area contributed by atoms with E-state index in [0.717, 1.165) is 18.8 Å². The van der Waals surface area contributed by atoms with Crippen LogP contribution in [0.4, 0.5) is 15.8 Å². The van der Waals surface area contributed by atoms with Gasteiger partial charge in [0.05, 0.1) is 21.9 Å². The van der Waals surface area contributed by atoms with Crippen LogP contribution < -0.4 is 10.6 Å². The summed E-state index contributed by atoms with van der Waals surface area (Å²) in [6, 6.07) is 13.1. The van der Waals surface area contributed by atoms with Gasteiger partial charge in [-0.1, -0.05) is 29.8 Å². The van der Waals surface area contributed by atoms with Gasteiger partial charge < -0.3 is 10.6 Å². The van der Waals surface area contributed by atoms with Crippen LogP contribution in [0.15, 0.2) is 53.4 Å². The van der Waals surface area contributed by atoms with E-state index < -0.39 is 5.82 Å². The molecular weight excluding hydrogens is 357 g/mol. The van der Waals surface area contributed by atoms with E-state index in [9.17, 15) is 4.39 Å². The van der Waals surface area contributed by atoms with Crippen molar-refractivity contribution in [1.82, 2.24) is 4.98 Å². The minimum Gasteiger partial charge on any atom is -0.396 e. The minimum absolute atomic E-state index is 0.0648. The van der Waals surface area contributed by atoms with Crippen LogP contribution in [-0.4, -0.2) is 18.1 Å². The molecule has 2 N–H and O–H groups in total. The molecule has 0 aliphatic rings. The van der Waals surface area contributed by atoms with Crippen molar-refractivity contribution >= 4 is 34.3 Å². The summed E-state index contributed by atoms with van der Waals surface area (Å²) in [5, 5.41) is 2.14. The van der Waals surface area contributed by atoms with Crippen LogP contribution >= 0.6 is 22.9 Å². The van der Waals surface area contributed by atoms with Crippen molar-refractivity contribution in [2.45, 2.75) is 13.8 Å². The Morgan fingerprint density at radius 3 is 2.28 bits per heavy atom. The second kappa shape index (κ2) is 9.39. The van der Waals surface area contributed by atoms with Gasteiger partial charge in [-0.15, -0.1) is 11.3 Å². The number of hydrogen-bond donors (Lipinski definition) is 1. The number of thiazole rings is 1. The van der Waals surface area contributed by atoms with Gasteiger partial charge in [0, 0.05) is 29.7 Å². The van der Waals surface area contributed by atoms with Crippen LogP contribution in [0, 0.1) is 5.82 Å². The van der Waals surface area contributed by atoms with E-state index in [2.05, 4.69) is 53.4 Å². The highest BCUT2D eigenvalue weighted by Crippen LogP contribution is 2.22. The molecule has 6 heteroatoms. The molecule has 0 aliphatic heterocycles. The first-order chi connectivity index (χ1) is 12.1. The SMILES string of the molecule is CCN(CC)c1ccc(-c2cscn2)cc1.Nc1cccc(Cl)c1F. The lowest BCUT2D eigenvalue weighted by molar-refractivity contribution is 0.633. The lowest BCUT2D eigenvalue weighted by Crippen LogP contribution is -2.21. The van der Waals surface area contributed by atoms with E-state index in [1.165, 1.54) is 23.4 Å². The van der Waals surface area contributed by atoms with Crippen LogP contribution in [0.3, 0.4) is 0 Å². The molecule has 132 valence electrons. The Morgan fingerprint density at radius 1 is 1.12 bits per heavy atom. The number of aromatic nitrogens is 1.